The van der Waals surface area contributed by atoms with Crippen LogP contribution in [0, 0.1) is 5.92 Å². The fourth-order valence-corrected chi connectivity index (χ4v) is 5.62. The van der Waals surface area contributed by atoms with Gasteiger partial charge in [0.2, 0.25) is 0 Å². The van der Waals surface area contributed by atoms with Gasteiger partial charge < -0.3 is 4.90 Å². The summed E-state index contributed by atoms with van der Waals surface area (Å²) < 4.78 is 14.5. The molecule has 2 unspecified atom stereocenters. The van der Waals surface area contributed by atoms with Crippen LogP contribution in [0.25, 0.3) is 28.4 Å². The Morgan fingerprint density at radius 2 is 1.84 bits per heavy atom. The van der Waals surface area contributed by atoms with Crippen LogP contribution in [0.1, 0.15) is 60.9 Å². The van der Waals surface area contributed by atoms with Crippen LogP contribution < -0.4 is 5.56 Å². The lowest BCUT2D eigenvalue weighted by molar-refractivity contribution is 0.0142. The van der Waals surface area contributed by atoms with E-state index in [2.05, 4.69) is 27.2 Å². The summed E-state index contributed by atoms with van der Waals surface area (Å²) in [5.41, 5.74) is 3.02. The van der Waals surface area contributed by atoms with Crippen LogP contribution in [0.4, 0.5) is 4.39 Å². The molecule has 190 valence electrons. The van der Waals surface area contributed by atoms with Crippen LogP contribution in [0.3, 0.4) is 0 Å². The van der Waals surface area contributed by atoms with E-state index < -0.39 is 6.67 Å². The zero-order valence-electron chi connectivity index (χ0n) is 20.7. The van der Waals surface area contributed by atoms with Crippen molar-refractivity contribution in [3.8, 4) is 22.8 Å². The predicted molar refractivity (Wildman–Crippen MR) is 138 cm³/mol. The van der Waals surface area contributed by atoms with Crippen molar-refractivity contribution in [1.82, 2.24) is 29.5 Å². The number of nitrogens with one attached hydrogen (secondary N) is 1. The summed E-state index contributed by atoms with van der Waals surface area (Å²) in [6.45, 7) is 1.67. The number of amides is 1. The van der Waals surface area contributed by atoms with E-state index in [0.29, 0.717) is 23.9 Å². The number of carbonyl (C=O) groups is 1. The van der Waals surface area contributed by atoms with Crippen LogP contribution in [-0.2, 0) is 0 Å². The van der Waals surface area contributed by atoms with Crippen molar-refractivity contribution in [3.05, 3.63) is 70.3 Å². The van der Waals surface area contributed by atoms with Gasteiger partial charge in [-0.25, -0.2) is 19.5 Å². The molecule has 1 saturated carbocycles. The van der Waals surface area contributed by atoms with E-state index in [1.165, 1.54) is 48.2 Å². The number of fused-ring (bicyclic) bond motifs is 1. The van der Waals surface area contributed by atoms with Gasteiger partial charge in [0, 0.05) is 42.5 Å². The van der Waals surface area contributed by atoms with E-state index in [0.717, 1.165) is 5.56 Å². The first kappa shape index (κ1) is 23.5. The van der Waals surface area contributed by atoms with Crippen LogP contribution in [0.15, 0.2) is 53.6 Å². The number of halogens is 1. The van der Waals surface area contributed by atoms with E-state index in [4.69, 9.17) is 4.98 Å². The number of aromatic nitrogens is 5. The molecule has 2 aliphatic rings. The third kappa shape index (κ3) is 4.12. The Labute approximate surface area is 213 Å². The number of hydrogen-bond donors (Lipinski definition) is 1. The minimum absolute atomic E-state index is 0.195. The molecular formula is C28H29FN6O2. The fourth-order valence-electron chi connectivity index (χ4n) is 5.62. The van der Waals surface area contributed by atoms with E-state index >= 15 is 0 Å². The van der Waals surface area contributed by atoms with Crippen molar-refractivity contribution in [1.29, 1.82) is 0 Å². The predicted octanol–water partition coefficient (Wildman–Crippen LogP) is 4.62. The molecule has 9 heteroatoms. The summed E-state index contributed by atoms with van der Waals surface area (Å²) in [6.07, 6.45) is 9.40. The third-order valence-corrected chi connectivity index (χ3v) is 7.97. The molecule has 1 aliphatic carbocycles. The van der Waals surface area contributed by atoms with Crippen LogP contribution >= 0.6 is 0 Å². The SMILES string of the molecule is CC1C(CF)CN1C(=O)c1c(-c2ncccn2)[nH]n2c(=O)cc(-c3ccc(C4CCCCC4)cc3)nc12. The molecule has 4 aromatic rings. The quantitative estimate of drug-likeness (QED) is 0.431. The van der Waals surface area contributed by atoms with Crippen molar-refractivity contribution in [3.63, 3.8) is 0 Å². The topological polar surface area (TPSA) is 96.3 Å². The molecule has 8 nitrogen and oxygen atoms in total. The number of hydrogen-bond acceptors (Lipinski definition) is 5. The molecule has 0 radical (unpaired) electrons. The van der Waals surface area contributed by atoms with E-state index in [9.17, 15) is 14.0 Å². The number of aromatic amines is 1. The second-order valence-corrected chi connectivity index (χ2v) is 10.1. The summed E-state index contributed by atoms with van der Waals surface area (Å²) in [5, 5.41) is 3.00. The summed E-state index contributed by atoms with van der Waals surface area (Å²) in [5.74, 6) is 0.344. The fraction of sp³-hybridized carbons (Fsp3) is 0.393. The lowest BCUT2D eigenvalue weighted by atomic mass is 9.84. The summed E-state index contributed by atoms with van der Waals surface area (Å²) in [7, 11) is 0. The number of alkyl halides is 1. The molecule has 3 aromatic heterocycles. The maximum absolute atomic E-state index is 13.7. The zero-order valence-corrected chi connectivity index (χ0v) is 20.7. The molecule has 1 aromatic carbocycles. The minimum Gasteiger partial charge on any atom is -0.335 e. The molecule has 6 rings (SSSR count). The Morgan fingerprint density at radius 1 is 1.11 bits per heavy atom. The van der Waals surface area contributed by atoms with Crippen molar-refractivity contribution in [2.24, 2.45) is 5.92 Å². The minimum atomic E-state index is -0.480. The van der Waals surface area contributed by atoms with Crippen molar-refractivity contribution < 1.29 is 9.18 Å². The van der Waals surface area contributed by atoms with Gasteiger partial charge in [-0.3, -0.25) is 19.1 Å². The van der Waals surface area contributed by atoms with Crippen LogP contribution in [0.2, 0.25) is 0 Å². The average molecular weight is 501 g/mol. The average Bonchev–Trinajstić information content (AvgIpc) is 3.34. The van der Waals surface area contributed by atoms with Gasteiger partial charge in [0.1, 0.15) is 11.3 Å². The van der Waals surface area contributed by atoms with Gasteiger partial charge >= 0.3 is 0 Å². The number of likely N-dealkylation sites (tertiary alicyclic amines) is 1. The maximum Gasteiger partial charge on any atom is 0.273 e. The van der Waals surface area contributed by atoms with Crippen LogP contribution in [-0.4, -0.2) is 54.6 Å². The van der Waals surface area contributed by atoms with Crippen molar-refractivity contribution in [2.45, 2.75) is 51.0 Å². The van der Waals surface area contributed by atoms with Gasteiger partial charge in [0.05, 0.1) is 12.4 Å². The molecular weight excluding hydrogens is 471 g/mol. The lowest BCUT2D eigenvalue weighted by Gasteiger charge is -2.45. The molecule has 37 heavy (non-hydrogen) atoms. The summed E-state index contributed by atoms with van der Waals surface area (Å²) >= 11 is 0. The first-order valence-corrected chi connectivity index (χ1v) is 13.0. The second kappa shape index (κ2) is 9.53. The van der Waals surface area contributed by atoms with Gasteiger partial charge in [-0.15, -0.1) is 0 Å². The smallest absolute Gasteiger partial charge is 0.273 e. The van der Waals surface area contributed by atoms with Crippen molar-refractivity contribution in [2.75, 3.05) is 13.2 Å². The number of rotatable bonds is 5. The molecule has 1 aliphatic heterocycles. The number of carbonyl (C=O) groups excluding carboxylic acids is 1. The monoisotopic (exact) mass is 500 g/mol. The van der Waals surface area contributed by atoms with E-state index in [-0.39, 0.29) is 40.5 Å². The number of nitrogens with zero attached hydrogens (tertiary/aromatic N) is 5. The van der Waals surface area contributed by atoms with Gasteiger partial charge in [-0.2, -0.15) is 0 Å². The van der Waals surface area contributed by atoms with E-state index in [1.807, 2.05) is 19.1 Å². The highest BCUT2D eigenvalue weighted by Gasteiger charge is 2.41. The largest absolute Gasteiger partial charge is 0.335 e. The molecule has 0 bridgehead atoms. The molecule has 2 atom stereocenters. The van der Waals surface area contributed by atoms with Gasteiger partial charge in [0.25, 0.3) is 11.5 Å². The maximum atomic E-state index is 13.7. The van der Waals surface area contributed by atoms with Gasteiger partial charge in [-0.1, -0.05) is 43.5 Å². The zero-order chi connectivity index (χ0) is 25.5. The Morgan fingerprint density at radius 3 is 2.51 bits per heavy atom. The normalized spacial score (nSPS) is 20.2. The Balaban J connectivity index is 1.44. The Hall–Kier alpha value is -3.88. The number of benzene rings is 1. The van der Waals surface area contributed by atoms with Crippen LogP contribution in [0.5, 0.6) is 0 Å². The molecule has 1 N–H and O–H groups in total. The second-order valence-electron chi connectivity index (χ2n) is 10.1. The van der Waals surface area contributed by atoms with Gasteiger partial charge in [-0.05, 0) is 37.3 Å². The highest BCUT2D eigenvalue weighted by Crippen LogP contribution is 2.34. The summed E-state index contributed by atoms with van der Waals surface area (Å²) in [6, 6.07) is 11.1. The highest BCUT2D eigenvalue weighted by atomic mass is 19.1. The molecule has 1 saturated heterocycles. The third-order valence-electron chi connectivity index (χ3n) is 7.97. The molecule has 1 amide bonds. The standard InChI is InChI=1S/C28H29FN6O2/c1-17-21(15-29)16-34(17)28(37)24-25(26-30-12-5-13-31-26)33-35-23(36)14-22(32-27(24)35)20-10-8-19(9-11-20)18-6-3-2-4-7-18/h5,8-14,17-18,21,33H,2-4,6-7,15-16H2,1H3. The molecule has 4 heterocycles. The van der Waals surface area contributed by atoms with Gasteiger partial charge in [0.15, 0.2) is 11.5 Å². The lowest BCUT2D eigenvalue weighted by Crippen LogP contribution is -2.58. The molecule has 2 fully saturated rings. The Kier molecular flexibility index (Phi) is 6.06. The summed E-state index contributed by atoms with van der Waals surface area (Å²) in [4.78, 5) is 41.9. The number of H-pyrrole nitrogens is 1. The first-order chi connectivity index (χ1) is 18.0. The highest BCUT2D eigenvalue weighted by molar-refractivity contribution is 6.05. The van der Waals surface area contributed by atoms with E-state index in [1.54, 1.807) is 23.4 Å². The van der Waals surface area contributed by atoms with Crippen molar-refractivity contribution >= 4 is 11.6 Å². The first-order valence-electron chi connectivity index (χ1n) is 13.0. The molecule has 0 spiro atoms. The Bertz CT molecular complexity index is 1490.